The molecule has 0 spiro atoms. The zero-order valence-electron chi connectivity index (χ0n) is 17.3. The predicted octanol–water partition coefficient (Wildman–Crippen LogP) is 3.45. The Balaban J connectivity index is 2.06. The van der Waals surface area contributed by atoms with Gasteiger partial charge in [-0.15, -0.1) is 0 Å². The number of anilines is 2. The van der Waals surface area contributed by atoms with Crippen LogP contribution in [0.3, 0.4) is 0 Å². The molecule has 3 rings (SSSR count). The van der Waals surface area contributed by atoms with E-state index in [9.17, 15) is 14.7 Å². The van der Waals surface area contributed by atoms with Crippen LogP contribution in [-0.4, -0.2) is 43.5 Å². The topological polar surface area (TPSA) is 101 Å². The first-order chi connectivity index (χ1) is 15.0. The summed E-state index contributed by atoms with van der Waals surface area (Å²) in [7, 11) is 3.14. The van der Waals surface area contributed by atoms with E-state index in [-0.39, 0.29) is 17.7 Å². The lowest BCUT2D eigenvalue weighted by Gasteiger charge is -2.26. The molecule has 31 heavy (non-hydrogen) atoms. The number of hydrogen-bond donors (Lipinski definition) is 2. The second kappa shape index (κ2) is 10.3. The molecule has 8 nitrogen and oxygen atoms in total. The molecule has 1 heterocycles. The molecule has 0 amide bonds. The number of hydrogen-bond acceptors (Lipinski definition) is 6. The van der Waals surface area contributed by atoms with Gasteiger partial charge < -0.3 is 29.2 Å². The molecule has 2 N–H and O–H groups in total. The van der Waals surface area contributed by atoms with Crippen molar-refractivity contribution in [1.29, 1.82) is 0 Å². The van der Waals surface area contributed by atoms with Gasteiger partial charge in [0, 0.05) is 36.3 Å². The van der Waals surface area contributed by atoms with Crippen LogP contribution in [0.25, 0.3) is 0 Å². The van der Waals surface area contributed by atoms with E-state index in [4.69, 9.17) is 14.2 Å². The minimum Gasteiger partial charge on any atom is -0.493 e. The highest BCUT2D eigenvalue weighted by Crippen LogP contribution is 2.35. The second-order valence-corrected chi connectivity index (χ2v) is 6.64. The van der Waals surface area contributed by atoms with Crippen molar-refractivity contribution in [3.05, 3.63) is 82.3 Å². The number of carboxylic acids is 1. The molecule has 0 bridgehead atoms. The molecule has 0 atom stereocenters. The monoisotopic (exact) mass is 424 g/mol. The molecule has 0 radical (unpaired) electrons. The molecule has 0 aliphatic heterocycles. The highest BCUT2D eigenvalue weighted by Gasteiger charge is 2.17. The summed E-state index contributed by atoms with van der Waals surface area (Å²) in [6.07, 6.45) is 1.57. The number of methoxy groups -OCH3 is 2. The van der Waals surface area contributed by atoms with Gasteiger partial charge in [0.2, 0.25) is 0 Å². The molecule has 3 aromatic rings. The van der Waals surface area contributed by atoms with Crippen molar-refractivity contribution in [2.45, 2.75) is 6.54 Å². The number of aromatic nitrogens is 1. The summed E-state index contributed by atoms with van der Waals surface area (Å²) in [6.45, 7) is 0.976. The molecule has 0 fully saturated rings. The fraction of sp³-hybridized carbons (Fsp3) is 0.217. The van der Waals surface area contributed by atoms with Crippen LogP contribution < -0.4 is 19.9 Å². The number of nitrogens with one attached hydrogen (secondary N) is 1. The molecule has 2 aromatic carbocycles. The Hall–Kier alpha value is -3.78. The fourth-order valence-corrected chi connectivity index (χ4v) is 3.07. The molecular weight excluding hydrogens is 400 g/mol. The van der Waals surface area contributed by atoms with Gasteiger partial charge in [0.15, 0.2) is 11.5 Å². The number of H-pyrrole nitrogens is 1. The van der Waals surface area contributed by atoms with Gasteiger partial charge in [-0.3, -0.25) is 4.79 Å². The average molecular weight is 424 g/mol. The quantitative estimate of drug-likeness (QED) is 0.481. The van der Waals surface area contributed by atoms with Crippen molar-refractivity contribution in [3.63, 3.8) is 0 Å². The molecule has 0 aliphatic rings. The summed E-state index contributed by atoms with van der Waals surface area (Å²) in [4.78, 5) is 28.3. The number of benzene rings is 2. The Morgan fingerprint density at radius 1 is 1.00 bits per heavy atom. The average Bonchev–Trinajstić information content (AvgIpc) is 2.78. The number of pyridine rings is 1. The Morgan fingerprint density at radius 2 is 1.81 bits per heavy atom. The van der Waals surface area contributed by atoms with Crippen LogP contribution in [0.1, 0.15) is 15.9 Å². The third-order valence-electron chi connectivity index (χ3n) is 4.64. The number of carbonyl (C=O) groups is 1. The maximum Gasteiger partial charge on any atom is 0.335 e. The van der Waals surface area contributed by atoms with Crippen molar-refractivity contribution < 1.29 is 24.1 Å². The minimum absolute atomic E-state index is 0.148. The first-order valence-corrected chi connectivity index (χ1v) is 9.60. The Bertz CT molecular complexity index is 1100. The number of aromatic carboxylic acids is 1. The summed E-state index contributed by atoms with van der Waals surface area (Å²) in [5.41, 5.74) is 1.79. The Kier molecular flexibility index (Phi) is 7.29. The number of ether oxygens (including phenoxy) is 3. The third-order valence-corrected chi connectivity index (χ3v) is 4.64. The molecule has 1 aromatic heterocycles. The van der Waals surface area contributed by atoms with Crippen LogP contribution in [0.4, 0.5) is 11.4 Å². The molecule has 8 heteroatoms. The number of carboxylic acid groups (broad SMARTS) is 1. The van der Waals surface area contributed by atoms with Gasteiger partial charge in [0.25, 0.3) is 5.56 Å². The van der Waals surface area contributed by atoms with E-state index in [1.807, 2.05) is 11.0 Å². The van der Waals surface area contributed by atoms with Gasteiger partial charge in [0.05, 0.1) is 25.8 Å². The van der Waals surface area contributed by atoms with E-state index < -0.39 is 5.97 Å². The Morgan fingerprint density at radius 3 is 2.52 bits per heavy atom. The lowest BCUT2D eigenvalue weighted by molar-refractivity contribution is 0.0697. The first kappa shape index (κ1) is 21.9. The van der Waals surface area contributed by atoms with Crippen molar-refractivity contribution in [2.75, 3.05) is 32.3 Å². The van der Waals surface area contributed by atoms with E-state index in [2.05, 4.69) is 4.98 Å². The van der Waals surface area contributed by atoms with Gasteiger partial charge >= 0.3 is 5.97 Å². The van der Waals surface area contributed by atoms with Gasteiger partial charge in [-0.1, -0.05) is 12.1 Å². The molecule has 162 valence electrons. The normalized spacial score (nSPS) is 10.5. The largest absolute Gasteiger partial charge is 0.493 e. The maximum atomic E-state index is 12.3. The van der Waals surface area contributed by atoms with E-state index in [0.29, 0.717) is 41.7 Å². The lowest BCUT2D eigenvalue weighted by Crippen LogP contribution is -2.23. The van der Waals surface area contributed by atoms with E-state index >= 15 is 0 Å². The van der Waals surface area contributed by atoms with Crippen molar-refractivity contribution in [2.24, 2.45) is 0 Å². The van der Waals surface area contributed by atoms with Gasteiger partial charge in [0.1, 0.15) is 6.61 Å². The second-order valence-electron chi connectivity index (χ2n) is 6.64. The summed E-state index contributed by atoms with van der Waals surface area (Å²) in [5.74, 6) is 0.0349. The molecular formula is C23H24N2O6. The Labute approximate surface area is 179 Å². The fourth-order valence-electron chi connectivity index (χ4n) is 3.07. The molecule has 0 saturated heterocycles. The lowest BCUT2D eigenvalue weighted by atomic mass is 10.1. The SMILES string of the molecule is COCCOc1cc(N(Cc2ccc[nH]c2=O)c2cccc(C(=O)O)c2)ccc1OC. The predicted molar refractivity (Wildman–Crippen MR) is 117 cm³/mol. The zero-order valence-corrected chi connectivity index (χ0v) is 17.3. The van der Waals surface area contributed by atoms with Crippen LogP contribution in [-0.2, 0) is 11.3 Å². The highest BCUT2D eigenvalue weighted by atomic mass is 16.5. The third kappa shape index (κ3) is 5.43. The van der Waals surface area contributed by atoms with Gasteiger partial charge in [-0.2, -0.15) is 0 Å². The summed E-state index contributed by atoms with van der Waals surface area (Å²) in [5, 5.41) is 9.41. The summed E-state index contributed by atoms with van der Waals surface area (Å²) < 4.78 is 16.2. The molecule has 0 aliphatic carbocycles. The number of aromatic amines is 1. The van der Waals surface area contributed by atoms with Crippen LogP contribution in [0.2, 0.25) is 0 Å². The van der Waals surface area contributed by atoms with Crippen molar-refractivity contribution in [1.82, 2.24) is 4.98 Å². The van der Waals surface area contributed by atoms with Crippen LogP contribution in [0, 0.1) is 0 Å². The number of rotatable bonds is 10. The van der Waals surface area contributed by atoms with E-state index in [1.54, 1.807) is 62.9 Å². The maximum absolute atomic E-state index is 12.3. The van der Waals surface area contributed by atoms with Crippen molar-refractivity contribution >= 4 is 17.3 Å². The standard InChI is InChI=1S/C23H24N2O6/c1-29-11-12-31-21-14-19(8-9-20(21)30-2)25(15-17-6-4-10-24-22(17)26)18-7-3-5-16(13-18)23(27)28/h3-10,13-14H,11-12,15H2,1-2H3,(H,24,26)(H,27,28). The van der Waals surface area contributed by atoms with Crippen LogP contribution >= 0.6 is 0 Å². The smallest absolute Gasteiger partial charge is 0.335 e. The van der Waals surface area contributed by atoms with Crippen LogP contribution in [0.15, 0.2) is 65.6 Å². The van der Waals surface area contributed by atoms with Crippen molar-refractivity contribution in [3.8, 4) is 11.5 Å². The summed E-state index contributed by atoms with van der Waals surface area (Å²) >= 11 is 0. The van der Waals surface area contributed by atoms with Gasteiger partial charge in [-0.25, -0.2) is 4.79 Å². The number of nitrogens with zero attached hydrogens (tertiary/aromatic N) is 1. The van der Waals surface area contributed by atoms with Crippen LogP contribution in [0.5, 0.6) is 11.5 Å². The highest BCUT2D eigenvalue weighted by molar-refractivity contribution is 5.89. The van der Waals surface area contributed by atoms with Gasteiger partial charge in [-0.05, 0) is 36.4 Å². The molecule has 0 saturated carbocycles. The van der Waals surface area contributed by atoms with E-state index in [1.165, 1.54) is 6.07 Å². The van der Waals surface area contributed by atoms with E-state index in [0.717, 1.165) is 0 Å². The summed E-state index contributed by atoms with van der Waals surface area (Å²) in [6, 6.07) is 15.4. The first-order valence-electron chi connectivity index (χ1n) is 9.60. The minimum atomic E-state index is -1.03. The zero-order chi connectivity index (χ0) is 22.2. The molecule has 0 unspecified atom stereocenters.